The normalized spacial score (nSPS) is 11.0. The van der Waals surface area contributed by atoms with E-state index < -0.39 is 0 Å². The molecule has 0 radical (unpaired) electrons. The van der Waals surface area contributed by atoms with Gasteiger partial charge in [-0.05, 0) is 31.2 Å². The highest BCUT2D eigenvalue weighted by molar-refractivity contribution is 6.04. The van der Waals surface area contributed by atoms with Crippen molar-refractivity contribution in [3.05, 3.63) is 78.4 Å². The molecular weight excluding hydrogens is 400 g/mol. The van der Waals surface area contributed by atoms with Crippen LogP contribution in [0.25, 0.3) is 33.4 Å². The number of benzene rings is 1. The van der Waals surface area contributed by atoms with E-state index in [1.807, 2.05) is 64.9 Å². The standard InChI is InChI=1S/C24H20N8/c1-2-32-20(10-12-28-32)21-22(18-9-4-3-7-16(18)13-25)29-24(26)19-15-31(30-23(19)21)14-17-8-5-6-11-27-17/h3-12,15H,2,14H2,1H3,(H2,26,29). The van der Waals surface area contributed by atoms with Crippen LogP contribution >= 0.6 is 0 Å². The van der Waals surface area contributed by atoms with Crippen molar-refractivity contribution in [1.29, 1.82) is 5.26 Å². The molecule has 2 N–H and O–H groups in total. The van der Waals surface area contributed by atoms with E-state index in [2.05, 4.69) is 16.2 Å². The van der Waals surface area contributed by atoms with Gasteiger partial charge in [-0.25, -0.2) is 4.98 Å². The fourth-order valence-electron chi connectivity index (χ4n) is 3.90. The summed E-state index contributed by atoms with van der Waals surface area (Å²) in [5.74, 6) is 0.362. The fourth-order valence-corrected chi connectivity index (χ4v) is 3.90. The molecule has 0 unspecified atom stereocenters. The quantitative estimate of drug-likeness (QED) is 0.462. The first-order chi connectivity index (χ1) is 15.7. The molecule has 0 amide bonds. The summed E-state index contributed by atoms with van der Waals surface area (Å²) in [7, 11) is 0. The number of aryl methyl sites for hydroxylation is 1. The second-order valence-electron chi connectivity index (χ2n) is 7.32. The Balaban J connectivity index is 1.80. The highest BCUT2D eigenvalue weighted by Gasteiger charge is 2.23. The van der Waals surface area contributed by atoms with Crippen molar-refractivity contribution >= 4 is 16.7 Å². The van der Waals surface area contributed by atoms with E-state index in [0.717, 1.165) is 22.3 Å². The molecule has 8 nitrogen and oxygen atoms in total. The Morgan fingerprint density at radius 1 is 1.06 bits per heavy atom. The van der Waals surface area contributed by atoms with Crippen molar-refractivity contribution in [3.8, 4) is 28.6 Å². The largest absolute Gasteiger partial charge is 0.383 e. The number of hydrogen-bond donors (Lipinski definition) is 1. The average molecular weight is 420 g/mol. The number of fused-ring (bicyclic) bond motifs is 1. The molecule has 32 heavy (non-hydrogen) atoms. The zero-order chi connectivity index (χ0) is 22.1. The first-order valence-corrected chi connectivity index (χ1v) is 10.3. The first kappa shape index (κ1) is 19.5. The summed E-state index contributed by atoms with van der Waals surface area (Å²) in [5.41, 5.74) is 11.5. The van der Waals surface area contributed by atoms with Gasteiger partial charge in [0.2, 0.25) is 0 Å². The minimum atomic E-state index is 0.362. The summed E-state index contributed by atoms with van der Waals surface area (Å²) in [5, 5.41) is 19.8. The van der Waals surface area contributed by atoms with Gasteiger partial charge in [-0.2, -0.15) is 15.5 Å². The molecule has 0 saturated heterocycles. The van der Waals surface area contributed by atoms with Gasteiger partial charge in [-0.1, -0.05) is 24.3 Å². The number of nitrogens with zero attached hydrogens (tertiary/aromatic N) is 7. The lowest BCUT2D eigenvalue weighted by Gasteiger charge is -2.13. The molecule has 4 aromatic heterocycles. The van der Waals surface area contributed by atoms with Gasteiger partial charge in [0.05, 0.1) is 46.2 Å². The molecule has 4 heterocycles. The maximum Gasteiger partial charge on any atom is 0.135 e. The van der Waals surface area contributed by atoms with Crippen LogP contribution in [0.3, 0.4) is 0 Å². The van der Waals surface area contributed by atoms with E-state index >= 15 is 0 Å². The second kappa shape index (κ2) is 7.96. The van der Waals surface area contributed by atoms with Crippen LogP contribution < -0.4 is 5.73 Å². The average Bonchev–Trinajstić information content (AvgIpc) is 3.47. The Morgan fingerprint density at radius 2 is 1.91 bits per heavy atom. The number of aromatic nitrogens is 6. The maximum atomic E-state index is 9.70. The molecule has 0 aliphatic carbocycles. The van der Waals surface area contributed by atoms with Gasteiger partial charge >= 0.3 is 0 Å². The van der Waals surface area contributed by atoms with E-state index in [1.54, 1.807) is 18.5 Å². The van der Waals surface area contributed by atoms with Gasteiger partial charge in [0.1, 0.15) is 11.3 Å². The molecule has 0 spiro atoms. The number of nitrogen functional groups attached to an aromatic ring is 1. The summed E-state index contributed by atoms with van der Waals surface area (Å²) in [6.07, 6.45) is 5.41. The molecule has 1 aromatic carbocycles. The molecule has 0 atom stereocenters. The second-order valence-corrected chi connectivity index (χ2v) is 7.32. The highest BCUT2D eigenvalue weighted by Crippen LogP contribution is 2.39. The van der Waals surface area contributed by atoms with Crippen molar-refractivity contribution in [2.24, 2.45) is 0 Å². The molecule has 0 fully saturated rings. The number of pyridine rings is 2. The zero-order valence-corrected chi connectivity index (χ0v) is 17.5. The van der Waals surface area contributed by atoms with Crippen molar-refractivity contribution < 1.29 is 0 Å². The Hall–Kier alpha value is -4.51. The molecule has 156 valence electrons. The van der Waals surface area contributed by atoms with Gasteiger partial charge in [-0.3, -0.25) is 14.3 Å². The van der Waals surface area contributed by atoms with Crippen molar-refractivity contribution in [2.45, 2.75) is 20.0 Å². The van der Waals surface area contributed by atoms with Gasteiger partial charge in [0, 0.05) is 30.7 Å². The van der Waals surface area contributed by atoms with Crippen LogP contribution in [0.2, 0.25) is 0 Å². The lowest BCUT2D eigenvalue weighted by Crippen LogP contribution is -2.04. The maximum absolute atomic E-state index is 9.70. The molecule has 0 bridgehead atoms. The van der Waals surface area contributed by atoms with Crippen LogP contribution in [-0.2, 0) is 13.1 Å². The van der Waals surface area contributed by atoms with Crippen molar-refractivity contribution in [1.82, 2.24) is 29.5 Å². The van der Waals surface area contributed by atoms with Crippen molar-refractivity contribution in [3.63, 3.8) is 0 Å². The number of nitrogens with two attached hydrogens (primary N) is 1. The molecule has 0 saturated carbocycles. The number of nitriles is 1. The molecular formula is C24H20N8. The topological polar surface area (TPSA) is 111 Å². The van der Waals surface area contributed by atoms with E-state index in [1.165, 1.54) is 0 Å². The van der Waals surface area contributed by atoms with E-state index in [0.29, 0.717) is 41.2 Å². The third-order valence-electron chi connectivity index (χ3n) is 5.37. The summed E-state index contributed by atoms with van der Waals surface area (Å²) >= 11 is 0. The minimum Gasteiger partial charge on any atom is -0.383 e. The Morgan fingerprint density at radius 3 is 2.69 bits per heavy atom. The highest BCUT2D eigenvalue weighted by atomic mass is 15.3. The van der Waals surface area contributed by atoms with Gasteiger partial charge < -0.3 is 5.73 Å². The van der Waals surface area contributed by atoms with Gasteiger partial charge in [0.15, 0.2) is 0 Å². The lowest BCUT2D eigenvalue weighted by molar-refractivity contribution is 0.666. The van der Waals surface area contributed by atoms with E-state index in [9.17, 15) is 5.26 Å². The van der Waals surface area contributed by atoms with Gasteiger partial charge in [-0.15, -0.1) is 0 Å². The number of hydrogen-bond acceptors (Lipinski definition) is 6. The molecule has 0 aliphatic heterocycles. The number of rotatable bonds is 5. The summed E-state index contributed by atoms with van der Waals surface area (Å²) in [6.45, 7) is 3.22. The molecule has 5 aromatic rings. The monoisotopic (exact) mass is 420 g/mol. The van der Waals surface area contributed by atoms with E-state index in [4.69, 9.17) is 15.8 Å². The molecule has 5 rings (SSSR count). The lowest BCUT2D eigenvalue weighted by atomic mass is 9.97. The Labute approximate surface area is 184 Å². The molecule has 0 aliphatic rings. The van der Waals surface area contributed by atoms with Crippen LogP contribution in [0.1, 0.15) is 18.2 Å². The van der Waals surface area contributed by atoms with Gasteiger partial charge in [0.25, 0.3) is 0 Å². The third-order valence-corrected chi connectivity index (χ3v) is 5.37. The van der Waals surface area contributed by atoms with E-state index in [-0.39, 0.29) is 0 Å². The predicted octanol–water partition coefficient (Wildman–Crippen LogP) is 3.88. The van der Waals surface area contributed by atoms with Crippen LogP contribution in [0.4, 0.5) is 5.82 Å². The van der Waals surface area contributed by atoms with Crippen LogP contribution in [0.15, 0.2) is 67.1 Å². The zero-order valence-electron chi connectivity index (χ0n) is 17.5. The first-order valence-electron chi connectivity index (χ1n) is 10.3. The summed E-state index contributed by atoms with van der Waals surface area (Å²) in [4.78, 5) is 9.14. The fraction of sp³-hybridized carbons (Fsp3) is 0.125. The summed E-state index contributed by atoms with van der Waals surface area (Å²) < 4.78 is 3.71. The third kappa shape index (κ3) is 3.26. The van der Waals surface area contributed by atoms with Crippen LogP contribution in [0, 0.1) is 11.3 Å². The number of anilines is 1. The summed E-state index contributed by atoms with van der Waals surface area (Å²) in [6, 6.07) is 17.4. The smallest absolute Gasteiger partial charge is 0.135 e. The Bertz CT molecular complexity index is 1460. The van der Waals surface area contributed by atoms with Crippen LogP contribution in [0.5, 0.6) is 0 Å². The Kier molecular flexibility index (Phi) is 4.84. The predicted molar refractivity (Wildman–Crippen MR) is 122 cm³/mol. The van der Waals surface area contributed by atoms with Crippen molar-refractivity contribution in [2.75, 3.05) is 5.73 Å². The SMILES string of the molecule is CCn1nccc1-c1c(-c2ccccc2C#N)nc(N)c2cn(Cc3ccccn3)nc12. The van der Waals surface area contributed by atoms with Crippen LogP contribution in [-0.4, -0.2) is 29.5 Å². The molecule has 8 heteroatoms. The minimum absolute atomic E-state index is 0.362.